The molecule has 0 fully saturated rings. The highest BCUT2D eigenvalue weighted by molar-refractivity contribution is 6.02. The predicted molar refractivity (Wildman–Crippen MR) is 143 cm³/mol. The summed E-state index contributed by atoms with van der Waals surface area (Å²) in [6.07, 6.45) is 2.87. The summed E-state index contributed by atoms with van der Waals surface area (Å²) in [5.74, 6) is -9.37. The molecule has 0 atom stereocenters. The fourth-order valence-corrected chi connectivity index (χ4v) is 4.20. The lowest BCUT2D eigenvalue weighted by atomic mass is 10.1. The highest BCUT2D eigenvalue weighted by Gasteiger charge is 2.27. The van der Waals surface area contributed by atoms with Crippen molar-refractivity contribution in [3.63, 3.8) is 0 Å². The largest absolute Gasteiger partial charge is 0.496 e. The summed E-state index contributed by atoms with van der Waals surface area (Å²) >= 11 is 0. The third kappa shape index (κ3) is 6.24. The van der Waals surface area contributed by atoms with Crippen LogP contribution in [-0.2, 0) is 17.9 Å². The Balaban J connectivity index is 1.49. The molecule has 0 aliphatic carbocycles. The summed E-state index contributed by atoms with van der Waals surface area (Å²) in [6, 6.07) is 12.9. The molecule has 0 aliphatic heterocycles. The van der Waals surface area contributed by atoms with Gasteiger partial charge >= 0.3 is 0 Å². The van der Waals surface area contributed by atoms with Crippen molar-refractivity contribution in [2.24, 2.45) is 0 Å². The average molecular weight is 572 g/mol. The van der Waals surface area contributed by atoms with Crippen LogP contribution >= 0.6 is 0 Å². The first kappa shape index (κ1) is 29.3. The summed E-state index contributed by atoms with van der Waals surface area (Å²) in [5, 5.41) is 6.75. The monoisotopic (exact) mass is 571 g/mol. The SMILES string of the molecule is COc1ccc(/C=C/C(=O)Nc2c(C)nn(Cc3c(F)c(F)c(F)c(F)c3F)c2C)cc1COc1ccccc1C. The van der Waals surface area contributed by atoms with E-state index in [2.05, 4.69) is 10.4 Å². The van der Waals surface area contributed by atoms with Crippen LogP contribution in [-0.4, -0.2) is 22.8 Å². The highest BCUT2D eigenvalue weighted by atomic mass is 19.2. The Morgan fingerprint density at radius 2 is 1.59 bits per heavy atom. The molecule has 4 rings (SSSR count). The minimum absolute atomic E-state index is 0.239. The van der Waals surface area contributed by atoms with E-state index >= 15 is 0 Å². The predicted octanol–water partition coefficient (Wildman–Crippen LogP) is 6.79. The van der Waals surface area contributed by atoms with E-state index in [1.165, 1.54) is 19.9 Å². The lowest BCUT2D eigenvalue weighted by molar-refractivity contribution is -0.111. The van der Waals surface area contributed by atoms with Crippen molar-refractivity contribution in [1.29, 1.82) is 0 Å². The first-order valence-corrected chi connectivity index (χ1v) is 12.4. The second-order valence-electron chi connectivity index (χ2n) is 9.20. The smallest absolute Gasteiger partial charge is 0.248 e. The molecular formula is C30H26F5N3O3. The third-order valence-corrected chi connectivity index (χ3v) is 6.45. The molecule has 4 aromatic rings. The maximum Gasteiger partial charge on any atom is 0.248 e. The summed E-state index contributed by atoms with van der Waals surface area (Å²) in [4.78, 5) is 12.7. The topological polar surface area (TPSA) is 65.4 Å². The van der Waals surface area contributed by atoms with E-state index in [0.717, 1.165) is 21.6 Å². The number of ether oxygens (including phenoxy) is 2. The van der Waals surface area contributed by atoms with Crippen LogP contribution in [0.25, 0.3) is 6.08 Å². The van der Waals surface area contributed by atoms with Gasteiger partial charge in [-0.1, -0.05) is 24.3 Å². The van der Waals surface area contributed by atoms with Gasteiger partial charge in [0.2, 0.25) is 11.7 Å². The number of rotatable bonds is 9. The van der Waals surface area contributed by atoms with Crippen LogP contribution in [0.15, 0.2) is 48.5 Å². The number of aryl methyl sites for hydroxylation is 2. The second kappa shape index (κ2) is 12.2. The Labute approximate surface area is 233 Å². The molecule has 1 amide bonds. The molecule has 0 aliphatic rings. The molecule has 0 unspecified atom stereocenters. The van der Waals surface area contributed by atoms with Gasteiger partial charge in [-0.3, -0.25) is 9.48 Å². The zero-order chi connectivity index (χ0) is 29.8. The Morgan fingerprint density at radius 3 is 2.24 bits per heavy atom. The Morgan fingerprint density at radius 1 is 0.927 bits per heavy atom. The zero-order valence-electron chi connectivity index (χ0n) is 22.6. The number of hydrogen-bond acceptors (Lipinski definition) is 4. The molecule has 1 heterocycles. The molecule has 0 bridgehead atoms. The van der Waals surface area contributed by atoms with Crippen molar-refractivity contribution in [2.45, 2.75) is 33.9 Å². The van der Waals surface area contributed by atoms with Gasteiger partial charge in [0.05, 0.1) is 36.3 Å². The van der Waals surface area contributed by atoms with Gasteiger partial charge in [-0.15, -0.1) is 0 Å². The minimum Gasteiger partial charge on any atom is -0.496 e. The fourth-order valence-electron chi connectivity index (χ4n) is 4.20. The van der Waals surface area contributed by atoms with Crippen molar-refractivity contribution in [3.05, 3.63) is 111 Å². The molecule has 41 heavy (non-hydrogen) atoms. The van der Waals surface area contributed by atoms with E-state index in [4.69, 9.17) is 9.47 Å². The number of carbonyl (C=O) groups is 1. The number of amides is 1. The molecular weight excluding hydrogens is 545 g/mol. The molecule has 3 aromatic carbocycles. The highest BCUT2D eigenvalue weighted by Crippen LogP contribution is 2.27. The van der Waals surface area contributed by atoms with E-state index in [1.807, 2.05) is 37.3 Å². The maximum absolute atomic E-state index is 14.2. The first-order valence-electron chi connectivity index (χ1n) is 12.4. The fraction of sp³-hybridized carbons (Fsp3) is 0.200. The van der Waals surface area contributed by atoms with Crippen LogP contribution in [0.2, 0.25) is 0 Å². The number of methoxy groups -OCH3 is 1. The molecule has 11 heteroatoms. The van der Waals surface area contributed by atoms with Gasteiger partial charge in [0.25, 0.3) is 0 Å². The van der Waals surface area contributed by atoms with E-state index in [1.54, 1.807) is 25.3 Å². The van der Waals surface area contributed by atoms with Crippen LogP contribution < -0.4 is 14.8 Å². The van der Waals surface area contributed by atoms with Gasteiger partial charge in [0.15, 0.2) is 23.3 Å². The van der Waals surface area contributed by atoms with Gasteiger partial charge in [-0.05, 0) is 56.2 Å². The Hall–Kier alpha value is -4.67. The normalized spacial score (nSPS) is 11.2. The molecule has 0 saturated heterocycles. The van der Waals surface area contributed by atoms with Gasteiger partial charge in [-0.25, -0.2) is 22.0 Å². The lowest BCUT2D eigenvalue weighted by Gasteiger charge is -2.12. The quantitative estimate of drug-likeness (QED) is 0.104. The Kier molecular flexibility index (Phi) is 8.75. The summed E-state index contributed by atoms with van der Waals surface area (Å²) < 4.78 is 81.4. The Bertz CT molecular complexity index is 1620. The van der Waals surface area contributed by atoms with Crippen LogP contribution in [0.1, 0.15) is 33.6 Å². The molecule has 214 valence electrons. The number of anilines is 1. The van der Waals surface area contributed by atoms with Gasteiger partial charge in [0, 0.05) is 11.6 Å². The summed E-state index contributed by atoms with van der Waals surface area (Å²) in [7, 11) is 1.55. The van der Waals surface area contributed by atoms with Crippen LogP contribution in [0.4, 0.5) is 27.6 Å². The van der Waals surface area contributed by atoms with E-state index in [-0.39, 0.29) is 23.7 Å². The zero-order valence-corrected chi connectivity index (χ0v) is 22.6. The summed E-state index contributed by atoms with van der Waals surface area (Å²) in [6.45, 7) is 4.48. The number of nitrogens with zero attached hydrogens (tertiary/aromatic N) is 2. The van der Waals surface area contributed by atoms with Gasteiger partial charge in [0.1, 0.15) is 18.1 Å². The number of nitrogens with one attached hydrogen (secondary N) is 1. The third-order valence-electron chi connectivity index (χ3n) is 6.45. The molecule has 1 N–H and O–H groups in total. The minimum atomic E-state index is -2.24. The lowest BCUT2D eigenvalue weighted by Crippen LogP contribution is -2.13. The number of benzene rings is 3. The standard InChI is InChI=1S/C30H26F5N3O3/c1-16-7-5-6-8-22(16)41-15-20-13-19(9-11-23(20)40-4)10-12-24(39)36-30-17(2)37-38(18(30)3)14-21-25(31)27(33)29(35)28(34)26(21)32/h5-13H,14-15H2,1-4H3,(H,36,39)/b12-10+. The number of aromatic nitrogens is 2. The molecule has 0 saturated carbocycles. The average Bonchev–Trinajstić information content (AvgIpc) is 3.23. The number of para-hydroxylation sites is 1. The van der Waals surface area contributed by atoms with Crippen LogP contribution in [0.5, 0.6) is 11.5 Å². The second-order valence-corrected chi connectivity index (χ2v) is 9.20. The van der Waals surface area contributed by atoms with Crippen molar-refractivity contribution in [3.8, 4) is 11.5 Å². The molecule has 6 nitrogen and oxygen atoms in total. The van der Waals surface area contributed by atoms with Crippen LogP contribution in [0, 0.1) is 49.9 Å². The number of hydrogen-bond donors (Lipinski definition) is 1. The van der Waals surface area contributed by atoms with Crippen molar-refractivity contribution in [1.82, 2.24) is 9.78 Å². The van der Waals surface area contributed by atoms with Gasteiger partial charge < -0.3 is 14.8 Å². The number of carbonyl (C=O) groups excluding carboxylic acids is 1. The maximum atomic E-state index is 14.2. The molecule has 0 radical (unpaired) electrons. The van der Waals surface area contributed by atoms with E-state index < -0.39 is 47.1 Å². The summed E-state index contributed by atoms with van der Waals surface area (Å²) in [5.41, 5.74) is 2.19. The van der Waals surface area contributed by atoms with Crippen molar-refractivity contribution < 1.29 is 36.2 Å². The molecule has 0 spiro atoms. The van der Waals surface area contributed by atoms with Gasteiger partial charge in [-0.2, -0.15) is 5.10 Å². The number of halogens is 5. The first-order chi connectivity index (χ1) is 19.5. The van der Waals surface area contributed by atoms with Crippen LogP contribution in [0.3, 0.4) is 0 Å². The van der Waals surface area contributed by atoms with Crippen molar-refractivity contribution >= 4 is 17.7 Å². The van der Waals surface area contributed by atoms with E-state index in [9.17, 15) is 26.7 Å². The molecule has 1 aromatic heterocycles. The van der Waals surface area contributed by atoms with Crippen molar-refractivity contribution in [2.75, 3.05) is 12.4 Å². The van der Waals surface area contributed by atoms with E-state index in [0.29, 0.717) is 11.3 Å².